The lowest BCUT2D eigenvalue weighted by molar-refractivity contribution is 0.120. The molecule has 2 N–H and O–H groups in total. The van der Waals surface area contributed by atoms with E-state index in [1.165, 1.54) is 25.8 Å². The molecule has 0 aromatic heterocycles. The molecular weight excluding hydrogens is 176 g/mol. The maximum Gasteiger partial charge on any atom is 0.0593 e. The van der Waals surface area contributed by atoms with Crippen LogP contribution in [0, 0.1) is 5.92 Å². The third-order valence-electron chi connectivity index (χ3n) is 3.59. The van der Waals surface area contributed by atoms with Gasteiger partial charge in [0.2, 0.25) is 0 Å². The van der Waals surface area contributed by atoms with Crippen LogP contribution in [0.2, 0.25) is 0 Å². The molecule has 1 aliphatic heterocycles. The van der Waals surface area contributed by atoms with Gasteiger partial charge in [0.05, 0.1) is 13.2 Å². The third kappa shape index (κ3) is 2.27. The second kappa shape index (κ2) is 5.10. The summed E-state index contributed by atoms with van der Waals surface area (Å²) in [5, 5.41) is 0. The zero-order valence-electron chi connectivity index (χ0n) is 8.95. The molecule has 0 bridgehead atoms. The van der Waals surface area contributed by atoms with E-state index in [-0.39, 0.29) is 0 Å². The van der Waals surface area contributed by atoms with Gasteiger partial charge in [-0.1, -0.05) is 6.42 Å². The Morgan fingerprint density at radius 3 is 3.14 bits per heavy atom. The van der Waals surface area contributed by atoms with Crippen molar-refractivity contribution < 1.29 is 4.74 Å². The molecule has 2 fully saturated rings. The lowest BCUT2D eigenvalue weighted by atomic mass is 10.0. The Hall–Kier alpha value is -0.120. The first-order chi connectivity index (χ1) is 6.92. The summed E-state index contributed by atoms with van der Waals surface area (Å²) < 4.78 is 5.65. The van der Waals surface area contributed by atoms with Gasteiger partial charge in [-0.25, -0.2) is 0 Å². The smallest absolute Gasteiger partial charge is 0.0593 e. The number of hydrogen-bond donors (Lipinski definition) is 1. The van der Waals surface area contributed by atoms with Crippen LogP contribution in [0.15, 0.2) is 0 Å². The molecule has 0 amide bonds. The van der Waals surface area contributed by atoms with Crippen LogP contribution in [0.5, 0.6) is 0 Å². The van der Waals surface area contributed by atoms with Gasteiger partial charge in [-0.2, -0.15) is 0 Å². The van der Waals surface area contributed by atoms with E-state index in [4.69, 9.17) is 10.5 Å². The molecule has 1 heterocycles. The van der Waals surface area contributed by atoms with E-state index in [9.17, 15) is 0 Å². The lowest BCUT2D eigenvalue weighted by Gasteiger charge is -2.29. The summed E-state index contributed by atoms with van der Waals surface area (Å²) in [4.78, 5) is 2.61. The van der Waals surface area contributed by atoms with Crippen LogP contribution in [0.3, 0.4) is 0 Å². The molecule has 0 aromatic rings. The van der Waals surface area contributed by atoms with Crippen LogP contribution in [-0.4, -0.2) is 43.8 Å². The van der Waals surface area contributed by atoms with Gasteiger partial charge < -0.3 is 10.5 Å². The van der Waals surface area contributed by atoms with Crippen molar-refractivity contribution in [3.05, 3.63) is 0 Å². The molecule has 0 unspecified atom stereocenters. The molecule has 3 heteroatoms. The molecule has 2 rings (SSSR count). The van der Waals surface area contributed by atoms with Gasteiger partial charge in [0.1, 0.15) is 0 Å². The zero-order valence-corrected chi connectivity index (χ0v) is 8.95. The van der Waals surface area contributed by atoms with Crippen LogP contribution in [0.1, 0.15) is 25.7 Å². The molecule has 1 saturated carbocycles. The van der Waals surface area contributed by atoms with E-state index >= 15 is 0 Å². The predicted octanol–water partition coefficient (Wildman–Crippen LogP) is 0.836. The molecular formula is C11H22N2O. The summed E-state index contributed by atoms with van der Waals surface area (Å²) in [6, 6.07) is 0.795. The van der Waals surface area contributed by atoms with Gasteiger partial charge in [-0.3, -0.25) is 4.90 Å². The monoisotopic (exact) mass is 198 g/mol. The van der Waals surface area contributed by atoms with Gasteiger partial charge in [-0.15, -0.1) is 0 Å². The highest BCUT2D eigenvalue weighted by atomic mass is 16.5. The average molecular weight is 198 g/mol. The van der Waals surface area contributed by atoms with Crippen molar-refractivity contribution in [3.63, 3.8) is 0 Å². The van der Waals surface area contributed by atoms with Gasteiger partial charge in [0.15, 0.2) is 0 Å². The molecule has 0 spiro atoms. The minimum absolute atomic E-state index is 0.795. The van der Waals surface area contributed by atoms with Crippen molar-refractivity contribution in [1.82, 2.24) is 4.90 Å². The number of fused-ring (bicyclic) bond motifs is 1. The summed E-state index contributed by atoms with van der Waals surface area (Å²) in [6.45, 7) is 5.00. The van der Waals surface area contributed by atoms with Crippen molar-refractivity contribution in [2.24, 2.45) is 11.7 Å². The fraction of sp³-hybridized carbons (Fsp3) is 1.00. The van der Waals surface area contributed by atoms with Crippen LogP contribution >= 0.6 is 0 Å². The van der Waals surface area contributed by atoms with E-state index in [0.717, 1.165) is 44.7 Å². The number of hydrogen-bond acceptors (Lipinski definition) is 3. The summed E-state index contributed by atoms with van der Waals surface area (Å²) in [7, 11) is 0. The minimum Gasteiger partial charge on any atom is -0.380 e. The normalized spacial score (nSPS) is 34.1. The van der Waals surface area contributed by atoms with Gasteiger partial charge >= 0.3 is 0 Å². The van der Waals surface area contributed by atoms with Gasteiger partial charge in [-0.05, 0) is 38.3 Å². The molecule has 1 aliphatic carbocycles. The molecule has 2 atom stereocenters. The molecule has 82 valence electrons. The van der Waals surface area contributed by atoms with E-state index < -0.39 is 0 Å². The number of rotatable bonds is 3. The molecule has 0 aromatic carbocycles. The first kappa shape index (κ1) is 10.4. The topological polar surface area (TPSA) is 38.5 Å². The van der Waals surface area contributed by atoms with E-state index in [2.05, 4.69) is 4.90 Å². The SMILES string of the molecule is NCCCN1CCOC[C@H]2CCC[C@H]21. The number of nitrogens with two attached hydrogens (primary N) is 1. The fourth-order valence-electron chi connectivity index (χ4n) is 2.85. The summed E-state index contributed by atoms with van der Waals surface area (Å²) >= 11 is 0. The lowest BCUT2D eigenvalue weighted by Crippen LogP contribution is -2.39. The standard InChI is InChI=1S/C11H22N2O/c12-5-2-6-13-7-8-14-9-10-3-1-4-11(10)13/h10-11H,1-9,12H2/t10-,11-/m1/s1. The van der Waals surface area contributed by atoms with Crippen molar-refractivity contribution in [2.75, 3.05) is 32.8 Å². The van der Waals surface area contributed by atoms with Gasteiger partial charge in [0.25, 0.3) is 0 Å². The fourth-order valence-corrected chi connectivity index (χ4v) is 2.85. The van der Waals surface area contributed by atoms with Crippen molar-refractivity contribution in [2.45, 2.75) is 31.7 Å². The van der Waals surface area contributed by atoms with Crippen molar-refractivity contribution >= 4 is 0 Å². The van der Waals surface area contributed by atoms with Crippen LogP contribution in [0.4, 0.5) is 0 Å². The molecule has 1 saturated heterocycles. The van der Waals surface area contributed by atoms with Gasteiger partial charge in [0, 0.05) is 12.6 Å². The number of ether oxygens (including phenoxy) is 1. The molecule has 14 heavy (non-hydrogen) atoms. The Morgan fingerprint density at radius 1 is 1.36 bits per heavy atom. The van der Waals surface area contributed by atoms with Crippen molar-refractivity contribution in [3.8, 4) is 0 Å². The number of nitrogens with zero attached hydrogens (tertiary/aromatic N) is 1. The van der Waals surface area contributed by atoms with Crippen molar-refractivity contribution in [1.29, 1.82) is 0 Å². The predicted molar refractivity (Wildman–Crippen MR) is 57.2 cm³/mol. The highest BCUT2D eigenvalue weighted by molar-refractivity contribution is 4.86. The van der Waals surface area contributed by atoms with Crippen LogP contribution in [-0.2, 0) is 4.74 Å². The minimum atomic E-state index is 0.795. The largest absolute Gasteiger partial charge is 0.380 e. The van der Waals surface area contributed by atoms with E-state index in [1.807, 2.05) is 0 Å². The first-order valence-corrected chi connectivity index (χ1v) is 5.93. The Morgan fingerprint density at radius 2 is 2.29 bits per heavy atom. The first-order valence-electron chi connectivity index (χ1n) is 5.93. The third-order valence-corrected chi connectivity index (χ3v) is 3.59. The summed E-state index contributed by atoms with van der Waals surface area (Å²) in [5.41, 5.74) is 5.56. The highest BCUT2D eigenvalue weighted by Crippen LogP contribution is 2.31. The Labute approximate surface area is 86.6 Å². The maximum atomic E-state index is 5.65. The second-order valence-electron chi connectivity index (χ2n) is 4.51. The van der Waals surface area contributed by atoms with E-state index in [1.54, 1.807) is 0 Å². The highest BCUT2D eigenvalue weighted by Gasteiger charge is 2.33. The Bertz CT molecular complexity index is 175. The Kier molecular flexibility index (Phi) is 3.79. The Balaban J connectivity index is 1.91. The summed E-state index contributed by atoms with van der Waals surface area (Å²) in [5.74, 6) is 0.801. The quantitative estimate of drug-likeness (QED) is 0.730. The average Bonchev–Trinajstić information content (AvgIpc) is 2.58. The molecule has 0 radical (unpaired) electrons. The second-order valence-corrected chi connectivity index (χ2v) is 4.51. The van der Waals surface area contributed by atoms with Crippen LogP contribution in [0.25, 0.3) is 0 Å². The maximum absolute atomic E-state index is 5.65. The van der Waals surface area contributed by atoms with Crippen LogP contribution < -0.4 is 5.73 Å². The molecule has 2 aliphatic rings. The van der Waals surface area contributed by atoms with E-state index in [0.29, 0.717) is 0 Å². The molecule has 3 nitrogen and oxygen atoms in total. The zero-order chi connectivity index (χ0) is 9.80. The summed E-state index contributed by atoms with van der Waals surface area (Å²) in [6.07, 6.45) is 5.25.